The van der Waals surface area contributed by atoms with Crippen LogP contribution in [0.4, 0.5) is 4.79 Å². The molecule has 0 N–H and O–H groups in total. The smallest absolute Gasteiger partial charge is 0.415 e. The Morgan fingerprint density at radius 1 is 1.12 bits per heavy atom. The maximum atomic E-state index is 11.8. The maximum Gasteiger partial charge on any atom is 0.415 e. The second-order valence-electron chi connectivity index (χ2n) is 5.66. The van der Waals surface area contributed by atoms with Crippen molar-refractivity contribution in [3.8, 4) is 0 Å². The number of hydrogen-bond acceptors (Lipinski definition) is 6. The van der Waals surface area contributed by atoms with Crippen molar-refractivity contribution in [2.24, 2.45) is 0 Å². The molecule has 136 valence electrons. The topological polar surface area (TPSA) is 55.8 Å². The SMILES string of the molecule is O=C(CCCCOCc1ccccc1)CCOC(=O)N1CCSC1=S. The quantitative estimate of drug-likeness (QED) is 0.454. The highest BCUT2D eigenvalue weighted by Gasteiger charge is 2.25. The van der Waals surface area contributed by atoms with Crippen LogP contribution in [0.5, 0.6) is 0 Å². The Labute approximate surface area is 158 Å². The Hall–Kier alpha value is -1.44. The lowest BCUT2D eigenvalue weighted by Crippen LogP contribution is -2.31. The van der Waals surface area contributed by atoms with Crippen LogP contribution in [0.1, 0.15) is 31.2 Å². The standard InChI is InChI=1S/C18H23NO4S2/c20-16(9-12-23-17(21)19-10-13-25-18(19)24)8-4-5-11-22-14-15-6-2-1-3-7-15/h1-3,6-7H,4-5,8-14H2. The second kappa shape index (κ2) is 11.2. The van der Waals surface area contributed by atoms with Crippen LogP contribution in [0.15, 0.2) is 30.3 Å². The summed E-state index contributed by atoms with van der Waals surface area (Å²) in [5.74, 6) is 0.911. The molecule has 0 saturated carbocycles. The van der Waals surface area contributed by atoms with Crippen LogP contribution in [-0.4, -0.2) is 46.6 Å². The molecule has 5 nitrogen and oxygen atoms in total. The van der Waals surface area contributed by atoms with Gasteiger partial charge in [0.1, 0.15) is 16.7 Å². The molecular weight excluding hydrogens is 358 g/mol. The van der Waals surface area contributed by atoms with Crippen molar-refractivity contribution in [2.75, 3.05) is 25.5 Å². The minimum absolute atomic E-state index is 0.106. The van der Waals surface area contributed by atoms with Gasteiger partial charge in [0.15, 0.2) is 0 Å². The molecule has 0 bridgehead atoms. The molecule has 2 rings (SSSR count). The van der Waals surface area contributed by atoms with E-state index in [1.165, 1.54) is 16.7 Å². The number of amides is 1. The fraction of sp³-hybridized carbons (Fsp3) is 0.500. The summed E-state index contributed by atoms with van der Waals surface area (Å²) in [5.41, 5.74) is 1.15. The number of unbranched alkanes of at least 4 members (excludes halogenated alkanes) is 1. The molecule has 1 heterocycles. The fourth-order valence-corrected chi connectivity index (χ4v) is 3.49. The first-order valence-electron chi connectivity index (χ1n) is 8.41. The number of thioether (sulfide) groups is 1. The van der Waals surface area contributed by atoms with Gasteiger partial charge in [0.25, 0.3) is 0 Å². The Bertz CT molecular complexity index is 580. The van der Waals surface area contributed by atoms with E-state index in [0.717, 1.165) is 24.2 Å². The normalized spacial score (nSPS) is 13.9. The zero-order valence-electron chi connectivity index (χ0n) is 14.1. The highest BCUT2D eigenvalue weighted by atomic mass is 32.2. The second-order valence-corrected chi connectivity index (χ2v) is 7.39. The maximum absolute atomic E-state index is 11.8. The molecule has 25 heavy (non-hydrogen) atoms. The Kier molecular flexibility index (Phi) is 8.93. The van der Waals surface area contributed by atoms with Crippen LogP contribution in [0.2, 0.25) is 0 Å². The van der Waals surface area contributed by atoms with Crippen molar-refractivity contribution >= 4 is 40.2 Å². The molecule has 7 heteroatoms. The molecule has 1 aromatic rings. The Morgan fingerprint density at radius 2 is 1.92 bits per heavy atom. The highest BCUT2D eigenvalue weighted by Crippen LogP contribution is 2.18. The monoisotopic (exact) mass is 381 g/mol. The molecule has 1 aliphatic rings. The molecule has 0 atom stereocenters. The van der Waals surface area contributed by atoms with Gasteiger partial charge in [-0.25, -0.2) is 4.79 Å². The molecule has 1 aromatic carbocycles. The average molecular weight is 382 g/mol. The summed E-state index contributed by atoms with van der Waals surface area (Å²) in [6, 6.07) is 10.0. The van der Waals surface area contributed by atoms with Crippen LogP contribution in [0, 0.1) is 0 Å². The summed E-state index contributed by atoms with van der Waals surface area (Å²) in [7, 11) is 0. The van der Waals surface area contributed by atoms with Crippen molar-refractivity contribution in [2.45, 2.75) is 32.3 Å². The van der Waals surface area contributed by atoms with Crippen molar-refractivity contribution in [1.29, 1.82) is 0 Å². The first-order valence-corrected chi connectivity index (χ1v) is 9.80. The van der Waals surface area contributed by atoms with Crippen molar-refractivity contribution in [3.05, 3.63) is 35.9 Å². The summed E-state index contributed by atoms with van der Waals surface area (Å²) in [4.78, 5) is 25.0. The largest absolute Gasteiger partial charge is 0.449 e. The predicted octanol–water partition coefficient (Wildman–Crippen LogP) is 3.80. The number of nitrogens with zero attached hydrogens (tertiary/aromatic N) is 1. The van der Waals surface area contributed by atoms with Crippen molar-refractivity contribution < 1.29 is 19.1 Å². The van der Waals surface area contributed by atoms with Crippen LogP contribution in [0.3, 0.4) is 0 Å². The summed E-state index contributed by atoms with van der Waals surface area (Å²) in [6.07, 6.45) is 1.93. The van der Waals surface area contributed by atoms with E-state index >= 15 is 0 Å². The van der Waals surface area contributed by atoms with Gasteiger partial charge < -0.3 is 9.47 Å². The fourth-order valence-electron chi connectivity index (χ4n) is 2.30. The van der Waals surface area contributed by atoms with Crippen molar-refractivity contribution in [3.63, 3.8) is 0 Å². The van der Waals surface area contributed by atoms with E-state index < -0.39 is 6.09 Å². The van der Waals surface area contributed by atoms with Gasteiger partial charge in [0.05, 0.1) is 6.61 Å². The number of Topliss-reactive ketones (excluding diaryl/α,β-unsaturated/α-hetero) is 1. The first-order chi connectivity index (χ1) is 12.2. The van der Waals surface area contributed by atoms with Gasteiger partial charge in [-0.05, 0) is 18.4 Å². The average Bonchev–Trinajstić information content (AvgIpc) is 3.05. The number of hydrogen-bond donors (Lipinski definition) is 0. The molecule has 1 saturated heterocycles. The molecule has 0 aromatic heterocycles. The minimum Gasteiger partial charge on any atom is -0.449 e. The van der Waals surface area contributed by atoms with E-state index in [1.54, 1.807) is 0 Å². The molecule has 1 aliphatic heterocycles. The molecular formula is C18H23NO4S2. The van der Waals surface area contributed by atoms with Gasteiger partial charge in [0, 0.05) is 31.7 Å². The lowest BCUT2D eigenvalue weighted by Gasteiger charge is -2.14. The molecule has 0 radical (unpaired) electrons. The van der Waals surface area contributed by atoms with Gasteiger partial charge in [-0.1, -0.05) is 54.3 Å². The number of rotatable bonds is 10. The van der Waals surface area contributed by atoms with Crippen molar-refractivity contribution in [1.82, 2.24) is 4.90 Å². The lowest BCUT2D eigenvalue weighted by molar-refractivity contribution is -0.119. The number of thiocarbonyl (C=S) groups is 1. The Morgan fingerprint density at radius 3 is 2.64 bits per heavy atom. The number of carbonyl (C=O) groups excluding carboxylic acids is 2. The third-order valence-electron chi connectivity index (χ3n) is 3.69. The third-order valence-corrected chi connectivity index (χ3v) is 5.12. The third kappa shape index (κ3) is 7.54. The first kappa shape index (κ1) is 19.9. The van der Waals surface area contributed by atoms with Gasteiger partial charge in [0.2, 0.25) is 0 Å². The van der Waals surface area contributed by atoms with E-state index in [9.17, 15) is 9.59 Å². The van der Waals surface area contributed by atoms with E-state index in [0.29, 0.717) is 30.5 Å². The van der Waals surface area contributed by atoms with Crippen LogP contribution in [-0.2, 0) is 20.9 Å². The number of carbonyl (C=O) groups is 2. The molecule has 1 fully saturated rings. The molecule has 1 amide bonds. The van der Waals surface area contributed by atoms with E-state index in [-0.39, 0.29) is 18.8 Å². The van der Waals surface area contributed by atoms with E-state index in [4.69, 9.17) is 21.7 Å². The highest BCUT2D eigenvalue weighted by molar-refractivity contribution is 8.23. The van der Waals surface area contributed by atoms with Crippen LogP contribution >= 0.6 is 24.0 Å². The van der Waals surface area contributed by atoms with Gasteiger partial charge in [-0.2, -0.15) is 0 Å². The van der Waals surface area contributed by atoms with Gasteiger partial charge in [-0.15, -0.1) is 0 Å². The predicted molar refractivity (Wildman–Crippen MR) is 103 cm³/mol. The summed E-state index contributed by atoms with van der Waals surface area (Å²) >= 11 is 6.52. The zero-order chi connectivity index (χ0) is 17.9. The minimum atomic E-state index is -0.447. The van der Waals surface area contributed by atoms with E-state index in [1.807, 2.05) is 30.3 Å². The zero-order valence-corrected chi connectivity index (χ0v) is 15.8. The number of ether oxygens (including phenoxy) is 2. The van der Waals surface area contributed by atoms with Gasteiger partial charge >= 0.3 is 6.09 Å². The Balaban J connectivity index is 1.46. The number of benzene rings is 1. The summed E-state index contributed by atoms with van der Waals surface area (Å²) in [6.45, 7) is 1.94. The molecule has 0 unspecified atom stereocenters. The number of ketones is 1. The van der Waals surface area contributed by atoms with Gasteiger partial charge in [-0.3, -0.25) is 9.69 Å². The summed E-state index contributed by atoms with van der Waals surface area (Å²) < 4.78 is 11.2. The molecule has 0 spiro atoms. The van der Waals surface area contributed by atoms with Crippen LogP contribution in [0.25, 0.3) is 0 Å². The van der Waals surface area contributed by atoms with Crippen LogP contribution < -0.4 is 0 Å². The molecule has 0 aliphatic carbocycles. The lowest BCUT2D eigenvalue weighted by atomic mass is 10.1. The van der Waals surface area contributed by atoms with E-state index in [2.05, 4.69) is 0 Å². The summed E-state index contributed by atoms with van der Waals surface area (Å²) in [5, 5.41) is 0.